The number of benzene rings is 2. The van der Waals surface area contributed by atoms with Gasteiger partial charge in [-0.1, -0.05) is 36.4 Å². The van der Waals surface area contributed by atoms with E-state index in [0.29, 0.717) is 18.1 Å². The van der Waals surface area contributed by atoms with E-state index in [-0.39, 0.29) is 5.57 Å². The van der Waals surface area contributed by atoms with Crippen LogP contribution >= 0.6 is 0 Å². The van der Waals surface area contributed by atoms with Crippen LogP contribution in [-0.4, -0.2) is 18.9 Å². The minimum atomic E-state index is -0.656. The molecule has 19 heavy (non-hydrogen) atoms. The van der Waals surface area contributed by atoms with E-state index in [0.717, 1.165) is 28.2 Å². The average Bonchev–Trinajstić information content (AvgIpc) is 2.47. The lowest BCUT2D eigenvalue weighted by Crippen LogP contribution is -2.14. The molecule has 2 aromatic rings. The molecule has 3 heteroatoms. The largest absolute Gasteiger partial charge is 0.302 e. The van der Waals surface area contributed by atoms with Crippen molar-refractivity contribution >= 4 is 35.2 Å². The van der Waals surface area contributed by atoms with Crippen molar-refractivity contribution in [3.05, 3.63) is 53.1 Å². The van der Waals surface area contributed by atoms with Crippen LogP contribution in [0.1, 0.15) is 17.0 Å². The maximum absolute atomic E-state index is 11.3. The third kappa shape index (κ3) is 1.48. The summed E-state index contributed by atoms with van der Waals surface area (Å²) < 4.78 is 0. The van der Waals surface area contributed by atoms with E-state index in [9.17, 15) is 14.4 Å². The Balaban J connectivity index is 2.52. The highest BCUT2D eigenvalue weighted by Crippen LogP contribution is 2.40. The number of allylic oxidation sites excluding steroid dienone is 2. The zero-order valence-corrected chi connectivity index (χ0v) is 10.00. The van der Waals surface area contributed by atoms with Gasteiger partial charge in [-0.25, -0.2) is 0 Å². The van der Waals surface area contributed by atoms with Crippen LogP contribution in [0.15, 0.2) is 42.0 Å². The SMILES string of the molecule is O=CC1=C(C=O)C(C=O)c2cccc3cccc1c23. The molecule has 0 amide bonds. The van der Waals surface area contributed by atoms with Crippen molar-refractivity contribution in [3.8, 4) is 0 Å². The fourth-order valence-electron chi connectivity index (χ4n) is 2.76. The van der Waals surface area contributed by atoms with Crippen LogP contribution in [0, 0.1) is 0 Å². The lowest BCUT2D eigenvalue weighted by atomic mass is 9.78. The fourth-order valence-corrected chi connectivity index (χ4v) is 2.76. The van der Waals surface area contributed by atoms with Crippen molar-refractivity contribution in [1.82, 2.24) is 0 Å². The number of aldehydes is 3. The Kier molecular flexibility index (Phi) is 2.60. The quantitative estimate of drug-likeness (QED) is 0.785. The van der Waals surface area contributed by atoms with Crippen LogP contribution < -0.4 is 0 Å². The van der Waals surface area contributed by atoms with Crippen LogP contribution in [0.3, 0.4) is 0 Å². The minimum Gasteiger partial charge on any atom is -0.302 e. The Morgan fingerprint density at radius 1 is 0.895 bits per heavy atom. The van der Waals surface area contributed by atoms with Gasteiger partial charge < -0.3 is 4.79 Å². The molecule has 92 valence electrons. The van der Waals surface area contributed by atoms with E-state index in [1.807, 2.05) is 30.3 Å². The molecule has 1 aliphatic carbocycles. The first-order valence-electron chi connectivity index (χ1n) is 5.93. The van der Waals surface area contributed by atoms with E-state index >= 15 is 0 Å². The average molecular weight is 250 g/mol. The molecule has 0 saturated carbocycles. The minimum absolute atomic E-state index is 0.246. The summed E-state index contributed by atoms with van der Waals surface area (Å²) in [7, 11) is 0. The van der Waals surface area contributed by atoms with Crippen molar-refractivity contribution in [2.24, 2.45) is 0 Å². The molecule has 0 fully saturated rings. The molecule has 2 aromatic carbocycles. The van der Waals surface area contributed by atoms with Gasteiger partial charge in [-0.3, -0.25) is 9.59 Å². The molecule has 0 heterocycles. The Hall–Kier alpha value is -2.55. The molecule has 1 unspecified atom stereocenters. The van der Waals surface area contributed by atoms with Crippen molar-refractivity contribution in [2.45, 2.75) is 5.92 Å². The van der Waals surface area contributed by atoms with Crippen LogP contribution in [-0.2, 0) is 14.4 Å². The second-order valence-electron chi connectivity index (χ2n) is 4.47. The monoisotopic (exact) mass is 250 g/mol. The number of rotatable bonds is 3. The summed E-state index contributed by atoms with van der Waals surface area (Å²) in [4.78, 5) is 33.9. The van der Waals surface area contributed by atoms with E-state index < -0.39 is 5.92 Å². The molecule has 0 aliphatic heterocycles. The molecule has 0 N–H and O–H groups in total. The summed E-state index contributed by atoms with van der Waals surface area (Å²) in [5.41, 5.74) is 2.08. The first-order valence-corrected chi connectivity index (χ1v) is 5.93. The summed E-state index contributed by atoms with van der Waals surface area (Å²) in [6.07, 6.45) is 1.99. The summed E-state index contributed by atoms with van der Waals surface area (Å²) in [6, 6.07) is 11.2. The van der Waals surface area contributed by atoms with Crippen LogP contribution in [0.5, 0.6) is 0 Å². The van der Waals surface area contributed by atoms with Crippen molar-refractivity contribution in [2.75, 3.05) is 0 Å². The highest BCUT2D eigenvalue weighted by molar-refractivity contribution is 6.22. The summed E-state index contributed by atoms with van der Waals surface area (Å²) >= 11 is 0. The van der Waals surface area contributed by atoms with Crippen molar-refractivity contribution < 1.29 is 14.4 Å². The maximum Gasteiger partial charge on any atom is 0.151 e. The van der Waals surface area contributed by atoms with Gasteiger partial charge in [0.1, 0.15) is 12.6 Å². The first kappa shape index (κ1) is 11.5. The van der Waals surface area contributed by atoms with Crippen LogP contribution in [0.2, 0.25) is 0 Å². The third-order valence-electron chi connectivity index (χ3n) is 3.59. The second-order valence-corrected chi connectivity index (χ2v) is 4.47. The zero-order chi connectivity index (χ0) is 13.4. The Bertz CT molecular complexity index is 735. The second kappa shape index (κ2) is 4.28. The number of hydrogen-bond donors (Lipinski definition) is 0. The summed E-state index contributed by atoms with van der Waals surface area (Å²) in [6.45, 7) is 0. The molecule has 3 rings (SSSR count). The van der Waals surface area contributed by atoms with Gasteiger partial charge in [-0.2, -0.15) is 0 Å². The molecule has 1 aliphatic rings. The van der Waals surface area contributed by atoms with Crippen LogP contribution in [0.25, 0.3) is 16.3 Å². The Morgan fingerprint density at radius 3 is 2.26 bits per heavy atom. The smallest absolute Gasteiger partial charge is 0.151 e. The molecule has 0 bridgehead atoms. The highest BCUT2D eigenvalue weighted by atomic mass is 16.1. The first-order chi connectivity index (χ1) is 9.31. The van der Waals surface area contributed by atoms with Crippen molar-refractivity contribution in [3.63, 3.8) is 0 Å². The summed E-state index contributed by atoms with van der Waals surface area (Å²) in [5.74, 6) is -0.656. The van der Waals surface area contributed by atoms with E-state index in [2.05, 4.69) is 0 Å². The van der Waals surface area contributed by atoms with E-state index in [1.165, 1.54) is 0 Å². The normalized spacial score (nSPS) is 17.4. The standard InChI is InChI=1S/C16H10O3/c17-7-13-11-5-1-3-10-4-2-6-12(16(10)11)14(8-18)15(13)9-19/h1-9,13H. The van der Waals surface area contributed by atoms with E-state index in [4.69, 9.17) is 0 Å². The molecule has 0 radical (unpaired) electrons. The van der Waals surface area contributed by atoms with Gasteiger partial charge in [0, 0.05) is 11.1 Å². The summed E-state index contributed by atoms with van der Waals surface area (Å²) in [5, 5.41) is 1.85. The topological polar surface area (TPSA) is 51.2 Å². The van der Waals surface area contributed by atoms with E-state index in [1.54, 1.807) is 6.07 Å². The molecule has 3 nitrogen and oxygen atoms in total. The zero-order valence-electron chi connectivity index (χ0n) is 10.00. The number of carbonyl (C=O) groups is 3. The number of hydrogen-bond acceptors (Lipinski definition) is 3. The predicted molar refractivity (Wildman–Crippen MR) is 71.8 cm³/mol. The third-order valence-corrected chi connectivity index (χ3v) is 3.59. The lowest BCUT2D eigenvalue weighted by molar-refractivity contribution is -0.110. The Morgan fingerprint density at radius 2 is 1.63 bits per heavy atom. The fraction of sp³-hybridized carbons (Fsp3) is 0.0625. The molecular weight excluding hydrogens is 240 g/mol. The number of carbonyl (C=O) groups excluding carboxylic acids is 3. The van der Waals surface area contributed by atoms with Gasteiger partial charge in [0.2, 0.25) is 0 Å². The van der Waals surface area contributed by atoms with Gasteiger partial charge in [0.15, 0.2) is 6.29 Å². The predicted octanol–water partition coefficient (Wildman–Crippen LogP) is 2.29. The highest BCUT2D eigenvalue weighted by Gasteiger charge is 2.28. The van der Waals surface area contributed by atoms with Crippen LogP contribution in [0.4, 0.5) is 0 Å². The Labute approximate surface area is 109 Å². The molecular formula is C16H10O3. The molecule has 0 saturated heterocycles. The lowest BCUT2D eigenvalue weighted by Gasteiger charge is -2.23. The van der Waals surface area contributed by atoms with Gasteiger partial charge in [0.25, 0.3) is 0 Å². The van der Waals surface area contributed by atoms with Gasteiger partial charge >= 0.3 is 0 Å². The van der Waals surface area contributed by atoms with Gasteiger partial charge in [0.05, 0.1) is 5.92 Å². The molecule has 1 atom stereocenters. The maximum atomic E-state index is 11.3. The molecule has 0 aromatic heterocycles. The molecule has 0 spiro atoms. The van der Waals surface area contributed by atoms with Gasteiger partial charge in [-0.05, 0) is 21.9 Å². The van der Waals surface area contributed by atoms with Gasteiger partial charge in [-0.15, -0.1) is 0 Å². The van der Waals surface area contributed by atoms with Crippen molar-refractivity contribution in [1.29, 1.82) is 0 Å².